The van der Waals surface area contributed by atoms with Gasteiger partial charge in [0.05, 0.1) is 6.04 Å². The fraction of sp³-hybridized carbons (Fsp3) is 0.154. The average Bonchev–Trinajstić information content (AvgIpc) is 2.35. The quantitative estimate of drug-likeness (QED) is 0.939. The number of pyridine rings is 1. The Morgan fingerprint density at radius 2 is 1.89 bits per heavy atom. The molecule has 1 unspecified atom stereocenters. The van der Waals surface area contributed by atoms with E-state index in [0.717, 1.165) is 16.1 Å². The normalized spacial score (nSPS) is 12.4. The fourth-order valence-electron chi connectivity index (χ4n) is 1.80. The Kier molecular flexibility index (Phi) is 4.04. The lowest BCUT2D eigenvalue weighted by Gasteiger charge is -2.17. The third-order valence-corrected chi connectivity index (χ3v) is 3.06. The highest BCUT2D eigenvalue weighted by Gasteiger charge is 2.14. The third kappa shape index (κ3) is 2.73. The highest BCUT2D eigenvalue weighted by atomic mass is 79.9. The van der Waals surface area contributed by atoms with Crippen LogP contribution in [0.15, 0.2) is 41.1 Å². The molecule has 1 aromatic carbocycles. The number of hydrogen-bond donors (Lipinski definition) is 1. The largest absolute Gasteiger partial charge is 0.309 e. The van der Waals surface area contributed by atoms with Crippen molar-refractivity contribution in [3.05, 3.63) is 63.9 Å². The summed E-state index contributed by atoms with van der Waals surface area (Å²) in [6, 6.07) is 5.53. The molecule has 18 heavy (non-hydrogen) atoms. The molecule has 94 valence electrons. The molecular weight excluding hydrogens is 302 g/mol. The minimum Gasteiger partial charge on any atom is -0.309 e. The Morgan fingerprint density at radius 1 is 1.11 bits per heavy atom. The van der Waals surface area contributed by atoms with E-state index in [9.17, 15) is 8.78 Å². The molecule has 0 fully saturated rings. The summed E-state index contributed by atoms with van der Waals surface area (Å²) in [5.74, 6) is -1.70. The Balaban J connectivity index is 2.42. The molecule has 1 aromatic heterocycles. The molecule has 0 aliphatic rings. The van der Waals surface area contributed by atoms with E-state index in [2.05, 4.69) is 26.2 Å². The van der Waals surface area contributed by atoms with Crippen LogP contribution in [0.3, 0.4) is 0 Å². The van der Waals surface area contributed by atoms with E-state index in [-0.39, 0.29) is 6.04 Å². The molecule has 0 radical (unpaired) electrons. The predicted octanol–water partition coefficient (Wildman–Crippen LogP) is 3.43. The molecule has 0 bridgehead atoms. The smallest absolute Gasteiger partial charge is 0.159 e. The van der Waals surface area contributed by atoms with Gasteiger partial charge in [0.1, 0.15) is 0 Å². The number of nitrogens with zero attached hydrogens (tertiary/aromatic N) is 1. The van der Waals surface area contributed by atoms with Gasteiger partial charge in [0, 0.05) is 16.9 Å². The van der Waals surface area contributed by atoms with Gasteiger partial charge >= 0.3 is 0 Å². The van der Waals surface area contributed by atoms with Crippen LogP contribution in [-0.2, 0) is 0 Å². The monoisotopic (exact) mass is 312 g/mol. The van der Waals surface area contributed by atoms with Gasteiger partial charge in [-0.3, -0.25) is 4.98 Å². The molecule has 0 spiro atoms. The van der Waals surface area contributed by atoms with E-state index < -0.39 is 11.6 Å². The predicted molar refractivity (Wildman–Crippen MR) is 69.2 cm³/mol. The van der Waals surface area contributed by atoms with Crippen molar-refractivity contribution in [1.82, 2.24) is 10.3 Å². The maximum Gasteiger partial charge on any atom is 0.159 e. The summed E-state index contributed by atoms with van der Waals surface area (Å²) in [6.45, 7) is 0. The van der Waals surface area contributed by atoms with Crippen LogP contribution in [-0.4, -0.2) is 12.0 Å². The number of rotatable bonds is 3. The fourth-order valence-corrected chi connectivity index (χ4v) is 2.19. The zero-order chi connectivity index (χ0) is 13.1. The Morgan fingerprint density at radius 3 is 2.50 bits per heavy atom. The summed E-state index contributed by atoms with van der Waals surface area (Å²) in [4.78, 5) is 4.06. The van der Waals surface area contributed by atoms with Gasteiger partial charge in [-0.05, 0) is 52.3 Å². The van der Waals surface area contributed by atoms with Crippen molar-refractivity contribution in [1.29, 1.82) is 0 Å². The summed E-state index contributed by atoms with van der Waals surface area (Å²) in [5.41, 5.74) is 1.52. The van der Waals surface area contributed by atoms with Gasteiger partial charge in [-0.1, -0.05) is 6.07 Å². The zero-order valence-electron chi connectivity index (χ0n) is 9.62. The lowest BCUT2D eigenvalue weighted by Crippen LogP contribution is -2.18. The molecule has 2 nitrogen and oxygen atoms in total. The van der Waals surface area contributed by atoms with Crippen LogP contribution in [0.1, 0.15) is 17.2 Å². The van der Waals surface area contributed by atoms with E-state index in [1.807, 2.05) is 6.07 Å². The van der Waals surface area contributed by atoms with Crippen LogP contribution in [0.4, 0.5) is 8.78 Å². The Labute approximate surface area is 112 Å². The molecule has 0 saturated carbocycles. The molecule has 1 atom stereocenters. The Bertz CT molecular complexity index is 560. The minimum atomic E-state index is -0.851. The molecule has 0 aliphatic carbocycles. The van der Waals surface area contributed by atoms with Crippen molar-refractivity contribution >= 4 is 15.9 Å². The number of aromatic nitrogens is 1. The van der Waals surface area contributed by atoms with Gasteiger partial charge in [0.15, 0.2) is 11.6 Å². The van der Waals surface area contributed by atoms with Gasteiger partial charge in [-0.2, -0.15) is 0 Å². The molecular formula is C13H11BrF2N2. The van der Waals surface area contributed by atoms with Gasteiger partial charge in [-0.25, -0.2) is 8.78 Å². The molecule has 1 heterocycles. The second-order valence-electron chi connectivity index (χ2n) is 3.83. The van der Waals surface area contributed by atoms with Crippen LogP contribution in [0, 0.1) is 11.6 Å². The van der Waals surface area contributed by atoms with Crippen molar-refractivity contribution in [2.75, 3.05) is 7.05 Å². The Hall–Kier alpha value is -1.33. The number of benzene rings is 1. The van der Waals surface area contributed by atoms with Gasteiger partial charge in [-0.15, -0.1) is 0 Å². The molecule has 1 N–H and O–H groups in total. The summed E-state index contributed by atoms with van der Waals surface area (Å²) in [5, 5.41) is 3.06. The summed E-state index contributed by atoms with van der Waals surface area (Å²) >= 11 is 3.33. The highest BCUT2D eigenvalue weighted by molar-refractivity contribution is 9.10. The van der Waals surface area contributed by atoms with Crippen LogP contribution in [0.25, 0.3) is 0 Å². The summed E-state index contributed by atoms with van der Waals surface area (Å²) < 4.78 is 27.0. The number of halogens is 3. The topological polar surface area (TPSA) is 24.9 Å². The maximum absolute atomic E-state index is 13.2. The number of hydrogen-bond acceptors (Lipinski definition) is 2. The molecule has 0 aliphatic heterocycles. The van der Waals surface area contributed by atoms with Crippen LogP contribution < -0.4 is 5.32 Å². The van der Waals surface area contributed by atoms with Crippen molar-refractivity contribution in [2.24, 2.45) is 0 Å². The summed E-state index contributed by atoms with van der Waals surface area (Å²) in [7, 11) is 1.76. The van der Waals surface area contributed by atoms with Gasteiger partial charge in [0.2, 0.25) is 0 Å². The van der Waals surface area contributed by atoms with Crippen molar-refractivity contribution in [3.63, 3.8) is 0 Å². The van der Waals surface area contributed by atoms with E-state index >= 15 is 0 Å². The minimum absolute atomic E-state index is 0.231. The van der Waals surface area contributed by atoms with E-state index in [1.54, 1.807) is 25.5 Å². The first-order valence-electron chi connectivity index (χ1n) is 5.34. The van der Waals surface area contributed by atoms with E-state index in [4.69, 9.17) is 0 Å². The first kappa shape index (κ1) is 13.1. The van der Waals surface area contributed by atoms with Crippen molar-refractivity contribution in [3.8, 4) is 0 Å². The van der Waals surface area contributed by atoms with E-state index in [0.29, 0.717) is 5.56 Å². The highest BCUT2D eigenvalue weighted by Crippen LogP contribution is 2.24. The lowest BCUT2D eigenvalue weighted by molar-refractivity contribution is 0.505. The summed E-state index contributed by atoms with van der Waals surface area (Å²) in [6.07, 6.45) is 3.36. The maximum atomic E-state index is 13.2. The standard InChI is InChI=1S/C13H11BrF2N2/c1-17-13(9-4-10(14)7-18-6-9)8-2-3-11(15)12(16)5-8/h2-7,13,17H,1H3. The van der Waals surface area contributed by atoms with Crippen LogP contribution in [0.5, 0.6) is 0 Å². The molecule has 0 amide bonds. The van der Waals surface area contributed by atoms with E-state index in [1.165, 1.54) is 6.07 Å². The second kappa shape index (κ2) is 5.54. The third-order valence-electron chi connectivity index (χ3n) is 2.63. The van der Waals surface area contributed by atoms with Crippen LogP contribution >= 0.6 is 15.9 Å². The SMILES string of the molecule is CNC(c1cncc(Br)c1)c1ccc(F)c(F)c1. The molecule has 0 saturated heterocycles. The van der Waals surface area contributed by atoms with Crippen molar-refractivity contribution in [2.45, 2.75) is 6.04 Å². The first-order valence-corrected chi connectivity index (χ1v) is 6.14. The molecule has 2 rings (SSSR count). The number of nitrogens with one attached hydrogen (secondary N) is 1. The van der Waals surface area contributed by atoms with Gasteiger partial charge < -0.3 is 5.32 Å². The van der Waals surface area contributed by atoms with Crippen LogP contribution in [0.2, 0.25) is 0 Å². The van der Waals surface area contributed by atoms with Crippen molar-refractivity contribution < 1.29 is 8.78 Å². The lowest BCUT2D eigenvalue weighted by atomic mass is 10.0. The molecule has 2 aromatic rings. The zero-order valence-corrected chi connectivity index (χ0v) is 11.2. The second-order valence-corrected chi connectivity index (χ2v) is 4.75. The first-order chi connectivity index (χ1) is 8.61. The average molecular weight is 313 g/mol. The van der Waals surface area contributed by atoms with Gasteiger partial charge in [0.25, 0.3) is 0 Å². The molecule has 5 heteroatoms.